The highest BCUT2D eigenvalue weighted by Crippen LogP contribution is 2.28. The summed E-state index contributed by atoms with van der Waals surface area (Å²) < 4.78 is 15.5. The Balaban J connectivity index is 2.64. The van der Waals surface area contributed by atoms with Gasteiger partial charge < -0.3 is 24.6 Å². The summed E-state index contributed by atoms with van der Waals surface area (Å²) in [7, 11) is 2.97. The van der Waals surface area contributed by atoms with Crippen molar-refractivity contribution < 1.29 is 28.9 Å². The minimum absolute atomic E-state index is 0.180. The number of amides is 1. The van der Waals surface area contributed by atoms with Crippen LogP contribution in [0, 0.1) is 0 Å². The number of carbonyl (C=O) groups is 2. The molecule has 1 rings (SSSR count). The van der Waals surface area contributed by atoms with Gasteiger partial charge in [-0.15, -0.1) is 0 Å². The number of hydrogen-bond donors (Lipinski definition) is 2. The van der Waals surface area contributed by atoms with Crippen molar-refractivity contribution in [2.75, 3.05) is 27.4 Å². The molecule has 0 radical (unpaired) electrons. The lowest BCUT2D eigenvalue weighted by molar-refractivity contribution is -0.142. The molecule has 0 aliphatic carbocycles. The van der Waals surface area contributed by atoms with Crippen LogP contribution in [0.4, 0.5) is 0 Å². The van der Waals surface area contributed by atoms with Gasteiger partial charge in [-0.1, -0.05) is 18.2 Å². The van der Waals surface area contributed by atoms with E-state index >= 15 is 0 Å². The average molecular weight is 337 g/mol. The predicted molar refractivity (Wildman–Crippen MR) is 89.3 cm³/mol. The van der Waals surface area contributed by atoms with E-state index in [1.807, 2.05) is 25.1 Å². The Labute approximate surface area is 141 Å². The summed E-state index contributed by atoms with van der Waals surface area (Å²) >= 11 is 0. The Morgan fingerprint density at radius 2 is 2.04 bits per heavy atom. The molecular formula is C17H23NO6. The second-order valence-corrected chi connectivity index (χ2v) is 4.94. The number of benzene rings is 1. The van der Waals surface area contributed by atoms with Gasteiger partial charge in [0, 0.05) is 20.1 Å². The van der Waals surface area contributed by atoms with Gasteiger partial charge in [0.05, 0.1) is 7.11 Å². The monoisotopic (exact) mass is 337 g/mol. The fraction of sp³-hybridized carbons (Fsp3) is 0.412. The van der Waals surface area contributed by atoms with Crippen molar-refractivity contribution in [1.29, 1.82) is 0 Å². The molecule has 7 nitrogen and oxygen atoms in total. The fourth-order valence-corrected chi connectivity index (χ4v) is 1.97. The van der Waals surface area contributed by atoms with E-state index in [9.17, 15) is 9.59 Å². The topological polar surface area (TPSA) is 94.1 Å². The van der Waals surface area contributed by atoms with E-state index in [0.717, 1.165) is 5.56 Å². The molecule has 132 valence electrons. The third-order valence-electron chi connectivity index (χ3n) is 3.15. The van der Waals surface area contributed by atoms with Gasteiger partial charge in [0.2, 0.25) is 0 Å². The zero-order chi connectivity index (χ0) is 17.9. The Morgan fingerprint density at radius 3 is 2.62 bits per heavy atom. The number of carboxylic acid groups (broad SMARTS) is 1. The first kappa shape index (κ1) is 19.5. The molecule has 0 saturated carbocycles. The molecule has 0 aliphatic heterocycles. The highest BCUT2D eigenvalue weighted by molar-refractivity contribution is 5.84. The van der Waals surface area contributed by atoms with Crippen LogP contribution in [0.15, 0.2) is 24.3 Å². The summed E-state index contributed by atoms with van der Waals surface area (Å²) in [5.41, 5.74) is 0.941. The van der Waals surface area contributed by atoms with E-state index in [2.05, 4.69) is 5.32 Å². The van der Waals surface area contributed by atoms with E-state index in [-0.39, 0.29) is 19.6 Å². The van der Waals surface area contributed by atoms with Crippen molar-refractivity contribution in [3.8, 4) is 11.5 Å². The van der Waals surface area contributed by atoms with Gasteiger partial charge in [0.15, 0.2) is 18.1 Å². The van der Waals surface area contributed by atoms with Crippen molar-refractivity contribution >= 4 is 18.0 Å². The lowest BCUT2D eigenvalue weighted by atomic mass is 10.2. The fourth-order valence-electron chi connectivity index (χ4n) is 1.97. The maximum atomic E-state index is 11.9. The Morgan fingerprint density at radius 1 is 1.29 bits per heavy atom. The molecule has 0 heterocycles. The molecule has 7 heteroatoms. The highest BCUT2D eigenvalue weighted by Gasteiger charge is 2.20. The van der Waals surface area contributed by atoms with Crippen molar-refractivity contribution in [1.82, 2.24) is 5.32 Å². The summed E-state index contributed by atoms with van der Waals surface area (Å²) in [6.45, 7) is 1.83. The summed E-state index contributed by atoms with van der Waals surface area (Å²) in [6, 6.07) is 4.29. The van der Waals surface area contributed by atoms with E-state index in [4.69, 9.17) is 19.3 Å². The van der Waals surface area contributed by atoms with Crippen molar-refractivity contribution in [3.05, 3.63) is 29.8 Å². The molecule has 24 heavy (non-hydrogen) atoms. The Hall–Kier alpha value is -2.54. The maximum Gasteiger partial charge on any atom is 0.326 e. The molecule has 0 saturated heterocycles. The lowest BCUT2D eigenvalue weighted by Crippen LogP contribution is -2.43. The minimum atomic E-state index is -1.12. The molecule has 0 spiro atoms. The van der Waals surface area contributed by atoms with Crippen LogP contribution in [0.5, 0.6) is 11.5 Å². The Kier molecular flexibility index (Phi) is 8.35. The quantitative estimate of drug-likeness (QED) is 0.675. The largest absolute Gasteiger partial charge is 0.493 e. The summed E-state index contributed by atoms with van der Waals surface area (Å²) in [5, 5.41) is 11.5. The summed E-state index contributed by atoms with van der Waals surface area (Å²) in [4.78, 5) is 22.9. The number of hydrogen-bond acceptors (Lipinski definition) is 5. The van der Waals surface area contributed by atoms with Gasteiger partial charge in [-0.2, -0.15) is 0 Å². The van der Waals surface area contributed by atoms with Crippen LogP contribution in [0.2, 0.25) is 0 Å². The SMILES string of the molecule is C/C=C/c1ccc(OCC(=O)NC(CCOC)C(=O)O)c(OC)c1. The van der Waals surface area contributed by atoms with Crippen LogP contribution in [-0.4, -0.2) is 50.5 Å². The molecule has 0 bridgehead atoms. The van der Waals surface area contributed by atoms with Crippen LogP contribution in [-0.2, 0) is 14.3 Å². The standard InChI is InChI=1S/C17H23NO6/c1-4-5-12-6-7-14(15(10-12)23-3)24-11-16(19)18-13(17(20)21)8-9-22-2/h4-7,10,13H,8-9,11H2,1-3H3,(H,18,19)(H,20,21)/b5-4+. The average Bonchev–Trinajstić information content (AvgIpc) is 2.57. The molecular weight excluding hydrogens is 314 g/mol. The smallest absolute Gasteiger partial charge is 0.326 e. The first-order valence-electron chi connectivity index (χ1n) is 7.46. The molecule has 0 aromatic heterocycles. The van der Waals surface area contributed by atoms with Gasteiger partial charge in [-0.3, -0.25) is 4.79 Å². The van der Waals surface area contributed by atoms with E-state index < -0.39 is 17.9 Å². The second kappa shape index (κ2) is 10.3. The van der Waals surface area contributed by atoms with E-state index in [1.165, 1.54) is 14.2 Å². The van der Waals surface area contributed by atoms with Crippen LogP contribution in [0.3, 0.4) is 0 Å². The minimum Gasteiger partial charge on any atom is -0.493 e. The van der Waals surface area contributed by atoms with E-state index in [1.54, 1.807) is 12.1 Å². The van der Waals surface area contributed by atoms with Crippen LogP contribution < -0.4 is 14.8 Å². The number of carbonyl (C=O) groups excluding carboxylic acids is 1. The van der Waals surface area contributed by atoms with Crippen LogP contribution in [0.25, 0.3) is 6.08 Å². The third-order valence-corrected chi connectivity index (χ3v) is 3.15. The third kappa shape index (κ3) is 6.29. The zero-order valence-corrected chi connectivity index (χ0v) is 14.1. The number of ether oxygens (including phenoxy) is 3. The van der Waals surface area contributed by atoms with Crippen molar-refractivity contribution in [3.63, 3.8) is 0 Å². The summed E-state index contributed by atoms with van der Waals surface area (Å²) in [6.07, 6.45) is 3.99. The molecule has 2 N–H and O–H groups in total. The second-order valence-electron chi connectivity index (χ2n) is 4.94. The molecule has 0 fully saturated rings. The molecule has 1 atom stereocenters. The molecule has 1 amide bonds. The zero-order valence-electron chi connectivity index (χ0n) is 14.1. The normalized spacial score (nSPS) is 12.0. The molecule has 1 aromatic carbocycles. The van der Waals surface area contributed by atoms with Gasteiger partial charge >= 0.3 is 5.97 Å². The number of carboxylic acids is 1. The first-order valence-corrected chi connectivity index (χ1v) is 7.46. The predicted octanol–water partition coefficient (Wildman–Crippen LogP) is 1.71. The van der Waals surface area contributed by atoms with Gasteiger partial charge in [0.25, 0.3) is 5.91 Å². The van der Waals surface area contributed by atoms with Gasteiger partial charge in [0.1, 0.15) is 6.04 Å². The van der Waals surface area contributed by atoms with E-state index in [0.29, 0.717) is 11.5 Å². The number of aliphatic carboxylic acids is 1. The number of nitrogens with one attached hydrogen (secondary N) is 1. The van der Waals surface area contributed by atoms with Gasteiger partial charge in [-0.25, -0.2) is 4.79 Å². The maximum absolute atomic E-state index is 11.9. The van der Waals surface area contributed by atoms with Crippen molar-refractivity contribution in [2.24, 2.45) is 0 Å². The highest BCUT2D eigenvalue weighted by atomic mass is 16.5. The van der Waals surface area contributed by atoms with Gasteiger partial charge in [-0.05, 0) is 24.6 Å². The number of allylic oxidation sites excluding steroid dienone is 1. The first-order chi connectivity index (χ1) is 11.5. The Bertz CT molecular complexity index is 584. The molecule has 1 aromatic rings. The number of rotatable bonds is 10. The molecule has 1 unspecified atom stereocenters. The van der Waals surface area contributed by atoms with Crippen LogP contribution in [0.1, 0.15) is 18.9 Å². The lowest BCUT2D eigenvalue weighted by Gasteiger charge is -2.15. The summed E-state index contributed by atoms with van der Waals surface area (Å²) in [5.74, 6) is -0.746. The number of methoxy groups -OCH3 is 2. The van der Waals surface area contributed by atoms with Crippen LogP contribution >= 0.6 is 0 Å². The van der Waals surface area contributed by atoms with Crippen molar-refractivity contribution in [2.45, 2.75) is 19.4 Å². The molecule has 0 aliphatic rings.